The quantitative estimate of drug-likeness (QED) is 0.874. The molecule has 1 fully saturated rings. The fraction of sp³-hybridized carbons (Fsp3) is 0.571. The fourth-order valence-corrected chi connectivity index (χ4v) is 3.06. The van der Waals surface area contributed by atoms with Gasteiger partial charge in [-0.2, -0.15) is 0 Å². The first kappa shape index (κ1) is 12.8. The van der Waals surface area contributed by atoms with Crippen LogP contribution in [0, 0.1) is 17.7 Å². The zero-order valence-electron chi connectivity index (χ0n) is 9.96. The van der Waals surface area contributed by atoms with Crippen molar-refractivity contribution >= 4 is 11.6 Å². The van der Waals surface area contributed by atoms with Crippen LogP contribution >= 0.6 is 11.6 Å². The van der Waals surface area contributed by atoms with Crippen molar-refractivity contribution in [1.82, 2.24) is 0 Å². The molecule has 0 amide bonds. The van der Waals surface area contributed by atoms with E-state index >= 15 is 0 Å². The molecule has 1 aliphatic carbocycles. The Morgan fingerprint density at radius 3 is 2.65 bits per heavy atom. The molecule has 0 aromatic heterocycles. The third kappa shape index (κ3) is 2.99. The molecule has 1 saturated carbocycles. The lowest BCUT2D eigenvalue weighted by Crippen LogP contribution is -2.28. The highest BCUT2D eigenvalue weighted by molar-refractivity contribution is 6.31. The number of rotatable bonds is 3. The highest BCUT2D eigenvalue weighted by Crippen LogP contribution is 2.33. The minimum Gasteiger partial charge on any atom is -0.330 e. The molecule has 2 N–H and O–H groups in total. The molecule has 1 aliphatic rings. The van der Waals surface area contributed by atoms with Gasteiger partial charge in [0.25, 0.3) is 0 Å². The third-order valence-electron chi connectivity index (χ3n) is 3.88. The van der Waals surface area contributed by atoms with Gasteiger partial charge in [-0.25, -0.2) is 4.39 Å². The van der Waals surface area contributed by atoms with E-state index in [1.54, 1.807) is 6.07 Å². The molecule has 2 atom stereocenters. The van der Waals surface area contributed by atoms with Crippen LogP contribution in [0.3, 0.4) is 0 Å². The van der Waals surface area contributed by atoms with Gasteiger partial charge in [0.1, 0.15) is 5.82 Å². The summed E-state index contributed by atoms with van der Waals surface area (Å²) in [6.45, 7) is 0.734. The van der Waals surface area contributed by atoms with Crippen molar-refractivity contribution in [1.29, 1.82) is 0 Å². The Kier molecular flexibility index (Phi) is 4.41. The standard InChI is InChI=1S/C14H19ClFN/c15-14-11(6-3-7-13(14)16)8-10-4-1-2-5-12(10)9-17/h3,6-7,10,12H,1-2,4-5,8-9,17H2. The molecule has 3 heteroatoms. The number of hydrogen-bond donors (Lipinski definition) is 1. The topological polar surface area (TPSA) is 26.0 Å². The summed E-state index contributed by atoms with van der Waals surface area (Å²) in [4.78, 5) is 0. The largest absolute Gasteiger partial charge is 0.330 e. The molecule has 1 nitrogen and oxygen atoms in total. The first-order valence-electron chi connectivity index (χ1n) is 6.35. The molecule has 2 rings (SSSR count). The van der Waals surface area contributed by atoms with E-state index in [1.165, 1.54) is 31.7 Å². The zero-order chi connectivity index (χ0) is 12.3. The average molecular weight is 256 g/mol. The van der Waals surface area contributed by atoms with Gasteiger partial charge in [-0.3, -0.25) is 0 Å². The average Bonchev–Trinajstić information content (AvgIpc) is 2.35. The molecule has 0 heterocycles. The first-order valence-corrected chi connectivity index (χ1v) is 6.73. The first-order chi connectivity index (χ1) is 8.22. The normalized spacial score (nSPS) is 24.9. The van der Waals surface area contributed by atoms with Crippen molar-refractivity contribution in [3.05, 3.63) is 34.6 Å². The predicted octanol–water partition coefficient (Wildman–Crippen LogP) is 3.79. The molecule has 0 spiro atoms. The maximum absolute atomic E-state index is 13.4. The Balaban J connectivity index is 2.11. The lowest BCUT2D eigenvalue weighted by molar-refractivity contribution is 0.242. The van der Waals surface area contributed by atoms with Crippen LogP contribution in [0.1, 0.15) is 31.2 Å². The summed E-state index contributed by atoms with van der Waals surface area (Å²) in [6, 6.07) is 5.07. The second-order valence-corrected chi connectivity index (χ2v) is 5.34. The number of nitrogens with two attached hydrogens (primary N) is 1. The molecule has 2 unspecified atom stereocenters. The Hall–Kier alpha value is -0.600. The van der Waals surface area contributed by atoms with Crippen molar-refractivity contribution in [2.45, 2.75) is 32.1 Å². The van der Waals surface area contributed by atoms with Crippen LogP contribution in [0.5, 0.6) is 0 Å². The summed E-state index contributed by atoms with van der Waals surface area (Å²) in [5.41, 5.74) is 6.74. The van der Waals surface area contributed by atoms with Gasteiger partial charge in [0, 0.05) is 0 Å². The van der Waals surface area contributed by atoms with Gasteiger partial charge in [-0.1, -0.05) is 36.6 Å². The van der Waals surface area contributed by atoms with Gasteiger partial charge in [0.2, 0.25) is 0 Å². The van der Waals surface area contributed by atoms with Gasteiger partial charge in [-0.15, -0.1) is 0 Å². The minimum absolute atomic E-state index is 0.286. The van der Waals surface area contributed by atoms with E-state index < -0.39 is 0 Å². The van der Waals surface area contributed by atoms with E-state index in [4.69, 9.17) is 17.3 Å². The summed E-state index contributed by atoms with van der Waals surface area (Å²) in [6.07, 6.45) is 5.78. The van der Waals surface area contributed by atoms with Crippen molar-refractivity contribution in [2.24, 2.45) is 17.6 Å². The second-order valence-electron chi connectivity index (χ2n) is 4.96. The molecule has 1 aromatic carbocycles. The fourth-order valence-electron chi connectivity index (χ4n) is 2.85. The number of hydrogen-bond acceptors (Lipinski definition) is 1. The van der Waals surface area contributed by atoms with Crippen molar-refractivity contribution in [2.75, 3.05) is 6.54 Å². The molecule has 0 aliphatic heterocycles. The Morgan fingerprint density at radius 2 is 1.94 bits per heavy atom. The van der Waals surface area contributed by atoms with Crippen molar-refractivity contribution < 1.29 is 4.39 Å². The molecule has 0 radical (unpaired) electrons. The lowest BCUT2D eigenvalue weighted by Gasteiger charge is -2.31. The van der Waals surface area contributed by atoms with E-state index in [9.17, 15) is 4.39 Å². The molecule has 0 bridgehead atoms. The van der Waals surface area contributed by atoms with E-state index in [0.717, 1.165) is 18.5 Å². The highest BCUT2D eigenvalue weighted by atomic mass is 35.5. The van der Waals surface area contributed by atoms with Gasteiger partial charge in [-0.05, 0) is 49.3 Å². The van der Waals surface area contributed by atoms with Crippen molar-refractivity contribution in [3.63, 3.8) is 0 Å². The van der Waals surface area contributed by atoms with E-state index in [1.807, 2.05) is 6.07 Å². The summed E-state index contributed by atoms with van der Waals surface area (Å²) >= 11 is 6.00. The maximum Gasteiger partial charge on any atom is 0.142 e. The Labute approximate surface area is 107 Å². The lowest BCUT2D eigenvalue weighted by atomic mass is 9.76. The number of halogens is 2. The Bertz CT molecular complexity index is 380. The van der Waals surface area contributed by atoms with Gasteiger partial charge >= 0.3 is 0 Å². The summed E-state index contributed by atoms with van der Waals surface area (Å²) in [5.74, 6) is 0.820. The minimum atomic E-state index is -0.315. The molecular formula is C14H19ClFN. The zero-order valence-corrected chi connectivity index (χ0v) is 10.7. The molecule has 1 aromatic rings. The summed E-state index contributed by atoms with van der Waals surface area (Å²) in [7, 11) is 0. The number of benzene rings is 1. The van der Waals surface area contributed by atoms with Gasteiger partial charge < -0.3 is 5.73 Å². The smallest absolute Gasteiger partial charge is 0.142 e. The molecule has 94 valence electrons. The van der Waals surface area contributed by atoms with E-state index in [2.05, 4.69) is 0 Å². The SMILES string of the molecule is NCC1CCCCC1Cc1cccc(F)c1Cl. The summed E-state index contributed by atoms with van der Waals surface area (Å²) < 4.78 is 13.4. The Morgan fingerprint density at radius 1 is 1.24 bits per heavy atom. The van der Waals surface area contributed by atoms with Crippen LogP contribution in [0.15, 0.2) is 18.2 Å². The van der Waals surface area contributed by atoms with E-state index in [0.29, 0.717) is 11.8 Å². The van der Waals surface area contributed by atoms with Crippen LogP contribution in [-0.4, -0.2) is 6.54 Å². The predicted molar refractivity (Wildman–Crippen MR) is 69.6 cm³/mol. The van der Waals surface area contributed by atoms with Crippen molar-refractivity contribution in [3.8, 4) is 0 Å². The van der Waals surface area contributed by atoms with Crippen LogP contribution in [-0.2, 0) is 6.42 Å². The molecular weight excluding hydrogens is 237 g/mol. The molecule has 17 heavy (non-hydrogen) atoms. The van der Waals surface area contributed by atoms with Gasteiger partial charge in [0.15, 0.2) is 0 Å². The highest BCUT2D eigenvalue weighted by Gasteiger charge is 2.24. The second kappa shape index (κ2) is 5.83. The van der Waals surface area contributed by atoms with E-state index in [-0.39, 0.29) is 10.8 Å². The third-order valence-corrected chi connectivity index (χ3v) is 4.31. The van der Waals surface area contributed by atoms with Crippen LogP contribution < -0.4 is 5.73 Å². The van der Waals surface area contributed by atoms with Crippen LogP contribution in [0.4, 0.5) is 4.39 Å². The van der Waals surface area contributed by atoms with Crippen LogP contribution in [0.25, 0.3) is 0 Å². The monoisotopic (exact) mass is 255 g/mol. The molecule has 0 saturated heterocycles. The van der Waals surface area contributed by atoms with Gasteiger partial charge in [0.05, 0.1) is 5.02 Å². The maximum atomic E-state index is 13.4. The van der Waals surface area contributed by atoms with Crippen LogP contribution in [0.2, 0.25) is 5.02 Å². The summed E-state index contributed by atoms with van der Waals surface area (Å²) in [5, 5.41) is 0.286.